The summed E-state index contributed by atoms with van der Waals surface area (Å²) < 4.78 is 6.16. The number of benzene rings is 2. The Morgan fingerprint density at radius 3 is 2.71 bits per heavy atom. The van der Waals surface area contributed by atoms with Gasteiger partial charge in [-0.2, -0.15) is 11.8 Å². The molecule has 1 fully saturated rings. The van der Waals surface area contributed by atoms with Crippen LogP contribution in [0.1, 0.15) is 30.2 Å². The van der Waals surface area contributed by atoms with Gasteiger partial charge in [0.25, 0.3) is 0 Å². The van der Waals surface area contributed by atoms with Crippen molar-refractivity contribution in [1.29, 1.82) is 0 Å². The molecule has 1 amide bonds. The number of aryl methyl sites for hydroxylation is 1. The standard InChI is InChI=1S/C28H35N3O3S/c1-3-9-26-24(23-12-7-8-13-27(23)34-26)16-31-15-14-30(2)25(17-31)28(33)29-22(18-32)20-35-19-21-10-5-4-6-11-21/h4-8,10-13,18,22,25H,3,9,14-17,19-20H2,1-2H3,(H,29,33). The smallest absolute Gasteiger partial charge is 0.239 e. The summed E-state index contributed by atoms with van der Waals surface area (Å²) in [7, 11) is 1.98. The normalized spacial score (nSPS) is 17.9. The molecule has 7 heteroatoms. The molecule has 2 aromatic carbocycles. The van der Waals surface area contributed by atoms with Gasteiger partial charge in [0, 0.05) is 55.1 Å². The second kappa shape index (κ2) is 12.4. The highest BCUT2D eigenvalue weighted by Crippen LogP contribution is 2.28. The monoisotopic (exact) mass is 493 g/mol. The molecule has 1 saturated heterocycles. The lowest BCUT2D eigenvalue weighted by molar-refractivity contribution is -0.130. The maximum atomic E-state index is 13.2. The van der Waals surface area contributed by atoms with Gasteiger partial charge in [-0.3, -0.25) is 14.6 Å². The Morgan fingerprint density at radius 2 is 1.94 bits per heavy atom. The number of para-hydroxylation sites is 1. The van der Waals surface area contributed by atoms with Crippen LogP contribution in [-0.2, 0) is 28.3 Å². The number of thioether (sulfide) groups is 1. The van der Waals surface area contributed by atoms with E-state index in [4.69, 9.17) is 4.42 Å². The Balaban J connectivity index is 1.37. The van der Waals surface area contributed by atoms with Crippen molar-refractivity contribution in [2.45, 2.75) is 44.1 Å². The van der Waals surface area contributed by atoms with Gasteiger partial charge >= 0.3 is 0 Å². The Labute approximate surface area is 212 Å². The molecular formula is C28H35N3O3S. The largest absolute Gasteiger partial charge is 0.461 e. The van der Waals surface area contributed by atoms with E-state index in [9.17, 15) is 9.59 Å². The molecule has 0 radical (unpaired) electrons. The summed E-state index contributed by atoms with van der Waals surface area (Å²) in [5.41, 5.74) is 3.37. The third kappa shape index (κ3) is 6.54. The summed E-state index contributed by atoms with van der Waals surface area (Å²) in [4.78, 5) is 29.3. The Kier molecular flexibility index (Phi) is 9.01. The number of likely N-dealkylation sites (N-methyl/N-ethyl adjacent to an activating group) is 1. The SMILES string of the molecule is CCCc1oc2ccccc2c1CN1CCN(C)C(C(=O)NC(C=O)CSCc2ccccc2)C1. The van der Waals surface area contributed by atoms with E-state index in [1.54, 1.807) is 11.8 Å². The van der Waals surface area contributed by atoms with E-state index in [0.29, 0.717) is 12.3 Å². The van der Waals surface area contributed by atoms with Gasteiger partial charge in [-0.25, -0.2) is 0 Å². The number of aldehydes is 1. The summed E-state index contributed by atoms with van der Waals surface area (Å²) in [5.74, 6) is 2.34. The predicted molar refractivity (Wildman–Crippen MR) is 143 cm³/mol. The zero-order chi connectivity index (χ0) is 24.6. The first-order valence-electron chi connectivity index (χ1n) is 12.4. The molecule has 0 aliphatic carbocycles. The Bertz CT molecular complexity index is 1120. The minimum atomic E-state index is -0.492. The molecule has 0 saturated carbocycles. The molecule has 2 unspecified atom stereocenters. The van der Waals surface area contributed by atoms with Crippen LogP contribution in [-0.4, -0.2) is 66.5 Å². The van der Waals surface area contributed by atoms with Gasteiger partial charge < -0.3 is 14.5 Å². The number of rotatable bonds is 11. The molecule has 1 aliphatic rings. The quantitative estimate of drug-likeness (QED) is 0.406. The Hall–Kier alpha value is -2.61. The van der Waals surface area contributed by atoms with Crippen molar-refractivity contribution < 1.29 is 14.0 Å². The van der Waals surface area contributed by atoms with Crippen LogP contribution in [0.3, 0.4) is 0 Å². The van der Waals surface area contributed by atoms with Crippen LogP contribution in [0.4, 0.5) is 0 Å². The van der Waals surface area contributed by atoms with E-state index < -0.39 is 6.04 Å². The van der Waals surface area contributed by atoms with Crippen molar-refractivity contribution in [3.63, 3.8) is 0 Å². The average Bonchev–Trinajstić information content (AvgIpc) is 3.22. The molecule has 1 aliphatic heterocycles. The first kappa shape index (κ1) is 25.5. The van der Waals surface area contributed by atoms with Gasteiger partial charge in [0.2, 0.25) is 5.91 Å². The zero-order valence-corrected chi connectivity index (χ0v) is 21.4. The highest BCUT2D eigenvalue weighted by atomic mass is 32.2. The van der Waals surface area contributed by atoms with Crippen LogP contribution in [0, 0.1) is 0 Å². The maximum Gasteiger partial charge on any atom is 0.239 e. The highest BCUT2D eigenvalue weighted by molar-refractivity contribution is 7.98. The lowest BCUT2D eigenvalue weighted by Gasteiger charge is -2.38. The predicted octanol–water partition coefficient (Wildman–Crippen LogP) is 4.12. The zero-order valence-electron chi connectivity index (χ0n) is 20.6. The van der Waals surface area contributed by atoms with Crippen molar-refractivity contribution in [1.82, 2.24) is 15.1 Å². The lowest BCUT2D eigenvalue weighted by atomic mass is 10.1. The van der Waals surface area contributed by atoms with Crippen molar-refractivity contribution in [3.8, 4) is 0 Å². The van der Waals surface area contributed by atoms with Crippen molar-refractivity contribution in [2.75, 3.05) is 32.4 Å². The number of nitrogens with zero attached hydrogens (tertiary/aromatic N) is 2. The van der Waals surface area contributed by atoms with E-state index in [0.717, 1.165) is 61.2 Å². The third-order valence-corrected chi connectivity index (χ3v) is 7.71. The fourth-order valence-corrected chi connectivity index (χ4v) is 5.57. The highest BCUT2D eigenvalue weighted by Gasteiger charge is 2.32. The summed E-state index contributed by atoms with van der Waals surface area (Å²) in [5, 5.41) is 4.14. The molecule has 0 spiro atoms. The lowest BCUT2D eigenvalue weighted by Crippen LogP contribution is -2.58. The third-order valence-electron chi connectivity index (χ3n) is 6.58. The number of hydrogen-bond donors (Lipinski definition) is 1. The van der Waals surface area contributed by atoms with Gasteiger partial charge in [0.1, 0.15) is 23.7 Å². The first-order chi connectivity index (χ1) is 17.1. The van der Waals surface area contributed by atoms with Gasteiger partial charge in [0.05, 0.1) is 6.04 Å². The minimum Gasteiger partial charge on any atom is -0.461 e. The summed E-state index contributed by atoms with van der Waals surface area (Å²) in [6.07, 6.45) is 2.78. The second-order valence-electron chi connectivity index (χ2n) is 9.23. The van der Waals surface area contributed by atoms with Crippen LogP contribution in [0.15, 0.2) is 59.0 Å². The molecule has 4 rings (SSSR count). The summed E-state index contributed by atoms with van der Waals surface area (Å²) in [6, 6.07) is 17.6. The number of fused-ring (bicyclic) bond motifs is 1. The van der Waals surface area contributed by atoms with Crippen molar-refractivity contribution >= 4 is 34.9 Å². The minimum absolute atomic E-state index is 0.0829. The van der Waals surface area contributed by atoms with Crippen molar-refractivity contribution in [3.05, 3.63) is 71.5 Å². The molecule has 0 bridgehead atoms. The molecule has 2 heterocycles. The second-order valence-corrected chi connectivity index (χ2v) is 10.3. The molecule has 3 aromatic rings. The van der Waals surface area contributed by atoms with Crippen LogP contribution in [0.2, 0.25) is 0 Å². The number of hydrogen-bond acceptors (Lipinski definition) is 6. The number of carbonyl (C=O) groups excluding carboxylic acids is 2. The summed E-state index contributed by atoms with van der Waals surface area (Å²) in [6.45, 7) is 5.22. The number of nitrogens with one attached hydrogen (secondary N) is 1. The van der Waals surface area contributed by atoms with Gasteiger partial charge in [0.15, 0.2) is 0 Å². The fourth-order valence-electron chi connectivity index (χ4n) is 4.60. The molecule has 1 aromatic heterocycles. The van der Waals surface area contributed by atoms with E-state index in [-0.39, 0.29) is 11.9 Å². The van der Waals surface area contributed by atoms with Crippen LogP contribution in [0.25, 0.3) is 11.0 Å². The molecule has 6 nitrogen and oxygen atoms in total. The fraction of sp³-hybridized carbons (Fsp3) is 0.429. The number of carbonyl (C=O) groups is 2. The van der Waals surface area contributed by atoms with Gasteiger partial charge in [-0.05, 0) is 25.1 Å². The van der Waals surface area contributed by atoms with E-state index in [1.807, 2.05) is 43.4 Å². The molecule has 1 N–H and O–H groups in total. The summed E-state index contributed by atoms with van der Waals surface area (Å²) >= 11 is 1.66. The van der Waals surface area contributed by atoms with Crippen LogP contribution >= 0.6 is 11.8 Å². The van der Waals surface area contributed by atoms with Crippen LogP contribution < -0.4 is 5.32 Å². The van der Waals surface area contributed by atoms with Crippen LogP contribution in [0.5, 0.6) is 0 Å². The Morgan fingerprint density at radius 1 is 1.17 bits per heavy atom. The first-order valence-corrected chi connectivity index (χ1v) is 13.5. The van der Waals surface area contributed by atoms with Gasteiger partial charge in [-0.15, -0.1) is 0 Å². The molecular weight excluding hydrogens is 458 g/mol. The van der Waals surface area contributed by atoms with Crippen molar-refractivity contribution in [2.24, 2.45) is 0 Å². The molecule has 35 heavy (non-hydrogen) atoms. The van der Waals surface area contributed by atoms with Gasteiger partial charge in [-0.1, -0.05) is 55.5 Å². The molecule has 2 atom stereocenters. The van der Waals surface area contributed by atoms with E-state index in [2.05, 4.69) is 40.2 Å². The van der Waals surface area contributed by atoms with E-state index >= 15 is 0 Å². The molecule has 186 valence electrons. The topological polar surface area (TPSA) is 65.8 Å². The number of amides is 1. The number of piperazine rings is 1. The average molecular weight is 494 g/mol. The maximum absolute atomic E-state index is 13.2. The number of furan rings is 1. The van der Waals surface area contributed by atoms with E-state index in [1.165, 1.54) is 11.1 Å².